The van der Waals surface area contributed by atoms with Crippen molar-refractivity contribution >= 4 is 21.7 Å². The lowest BCUT2D eigenvalue weighted by atomic mass is 9.81. The zero-order valence-electron chi connectivity index (χ0n) is 10.3. The molecule has 1 aromatic heterocycles. The Labute approximate surface area is 112 Å². The van der Waals surface area contributed by atoms with Crippen molar-refractivity contribution in [3.05, 3.63) is 17.0 Å². The Kier molecular flexibility index (Phi) is 4.77. The first-order chi connectivity index (χ1) is 8.25. The van der Waals surface area contributed by atoms with Gasteiger partial charge in [0, 0.05) is 12.7 Å². The second-order valence-electron chi connectivity index (χ2n) is 5.06. The molecule has 1 saturated carbocycles. The molecule has 1 N–H and O–H groups in total. The van der Waals surface area contributed by atoms with E-state index in [2.05, 4.69) is 38.1 Å². The van der Waals surface area contributed by atoms with Gasteiger partial charge in [-0.3, -0.25) is 0 Å². The van der Waals surface area contributed by atoms with E-state index in [4.69, 9.17) is 0 Å². The molecule has 17 heavy (non-hydrogen) atoms. The van der Waals surface area contributed by atoms with Crippen LogP contribution in [0.3, 0.4) is 0 Å². The van der Waals surface area contributed by atoms with Gasteiger partial charge in [-0.2, -0.15) is 0 Å². The van der Waals surface area contributed by atoms with Crippen LogP contribution in [0.25, 0.3) is 0 Å². The molecule has 0 radical (unpaired) electrons. The lowest BCUT2D eigenvalue weighted by Gasteiger charge is -2.26. The van der Waals surface area contributed by atoms with E-state index < -0.39 is 0 Å². The highest BCUT2D eigenvalue weighted by Gasteiger charge is 2.17. The van der Waals surface area contributed by atoms with Gasteiger partial charge in [0.1, 0.15) is 12.1 Å². The molecule has 0 spiro atoms. The minimum atomic E-state index is 0.902. The second kappa shape index (κ2) is 6.34. The molecule has 1 fully saturated rings. The van der Waals surface area contributed by atoms with Crippen molar-refractivity contribution in [1.82, 2.24) is 9.97 Å². The summed E-state index contributed by atoms with van der Waals surface area (Å²) in [6.07, 6.45) is 10.2. The monoisotopic (exact) mass is 297 g/mol. The van der Waals surface area contributed by atoms with Crippen molar-refractivity contribution in [3.63, 3.8) is 0 Å². The second-order valence-corrected chi connectivity index (χ2v) is 5.91. The molecule has 0 unspecified atom stereocenters. The molecule has 1 aromatic rings. The van der Waals surface area contributed by atoms with Gasteiger partial charge >= 0.3 is 0 Å². The van der Waals surface area contributed by atoms with Crippen molar-refractivity contribution in [2.24, 2.45) is 11.8 Å². The van der Waals surface area contributed by atoms with Crippen LogP contribution < -0.4 is 5.32 Å². The molecule has 0 amide bonds. The van der Waals surface area contributed by atoms with Crippen LogP contribution in [0.15, 0.2) is 17.0 Å². The normalized spacial score (nSPS) is 24.6. The van der Waals surface area contributed by atoms with E-state index in [0.717, 1.165) is 28.7 Å². The average Bonchev–Trinajstić information content (AvgIpc) is 2.34. The summed E-state index contributed by atoms with van der Waals surface area (Å²) in [5, 5.41) is 3.37. The van der Waals surface area contributed by atoms with E-state index in [0.29, 0.717) is 0 Å². The van der Waals surface area contributed by atoms with Crippen molar-refractivity contribution < 1.29 is 0 Å². The van der Waals surface area contributed by atoms with Crippen LogP contribution in [0, 0.1) is 11.8 Å². The fourth-order valence-corrected chi connectivity index (χ4v) is 2.82. The van der Waals surface area contributed by atoms with Crippen molar-refractivity contribution in [1.29, 1.82) is 0 Å². The summed E-state index contributed by atoms with van der Waals surface area (Å²) in [7, 11) is 0. The molecular weight excluding hydrogens is 278 g/mol. The maximum absolute atomic E-state index is 4.20. The molecule has 1 aliphatic carbocycles. The summed E-state index contributed by atoms with van der Waals surface area (Å²) in [5.74, 6) is 2.75. The summed E-state index contributed by atoms with van der Waals surface area (Å²) in [4.78, 5) is 8.16. The van der Waals surface area contributed by atoms with Crippen LogP contribution in [0.1, 0.15) is 39.0 Å². The third-order valence-electron chi connectivity index (χ3n) is 3.65. The summed E-state index contributed by atoms with van der Waals surface area (Å²) < 4.78 is 0.942. The van der Waals surface area contributed by atoms with Crippen LogP contribution in [-0.2, 0) is 0 Å². The molecule has 1 heterocycles. The Hall–Kier alpha value is -0.640. The molecule has 0 saturated heterocycles. The average molecular weight is 298 g/mol. The van der Waals surface area contributed by atoms with Gasteiger partial charge < -0.3 is 5.32 Å². The number of aromatic nitrogens is 2. The highest BCUT2D eigenvalue weighted by molar-refractivity contribution is 9.10. The third kappa shape index (κ3) is 3.95. The van der Waals surface area contributed by atoms with Gasteiger partial charge in [-0.25, -0.2) is 9.97 Å². The van der Waals surface area contributed by atoms with Crippen LogP contribution in [-0.4, -0.2) is 16.5 Å². The van der Waals surface area contributed by atoms with Crippen molar-refractivity contribution in [2.75, 3.05) is 11.9 Å². The first-order valence-electron chi connectivity index (χ1n) is 6.45. The van der Waals surface area contributed by atoms with Crippen molar-refractivity contribution in [3.8, 4) is 0 Å². The highest BCUT2D eigenvalue weighted by atomic mass is 79.9. The topological polar surface area (TPSA) is 37.8 Å². The lowest BCUT2D eigenvalue weighted by molar-refractivity contribution is 0.282. The molecule has 4 heteroatoms. The Morgan fingerprint density at radius 3 is 2.82 bits per heavy atom. The van der Waals surface area contributed by atoms with Gasteiger partial charge in [-0.1, -0.05) is 32.6 Å². The number of hydrogen-bond donors (Lipinski definition) is 1. The molecule has 3 nitrogen and oxygen atoms in total. The number of halogens is 1. The summed E-state index contributed by atoms with van der Waals surface area (Å²) in [6.45, 7) is 3.38. The van der Waals surface area contributed by atoms with Gasteiger partial charge in [0.2, 0.25) is 0 Å². The van der Waals surface area contributed by atoms with Crippen LogP contribution >= 0.6 is 15.9 Å². The molecule has 1 aliphatic rings. The summed E-state index contributed by atoms with van der Waals surface area (Å²) in [5.41, 5.74) is 0. The molecule has 0 atom stereocenters. The zero-order chi connectivity index (χ0) is 12.1. The SMILES string of the molecule is CC1CCC(CCNc2ncncc2Br)CC1. The molecule has 0 bridgehead atoms. The van der Waals surface area contributed by atoms with E-state index in [1.165, 1.54) is 32.1 Å². The molecule has 0 aromatic carbocycles. The molecule has 0 aliphatic heterocycles. The number of rotatable bonds is 4. The number of nitrogens with one attached hydrogen (secondary N) is 1. The fraction of sp³-hybridized carbons (Fsp3) is 0.692. The van der Waals surface area contributed by atoms with Crippen LogP contribution in [0.2, 0.25) is 0 Å². The largest absolute Gasteiger partial charge is 0.369 e. The fourth-order valence-electron chi connectivity index (χ4n) is 2.46. The number of nitrogens with zero attached hydrogens (tertiary/aromatic N) is 2. The Balaban J connectivity index is 1.71. The predicted octanol–water partition coefficient (Wildman–Crippen LogP) is 3.87. The predicted molar refractivity (Wildman–Crippen MR) is 74.0 cm³/mol. The number of anilines is 1. The van der Waals surface area contributed by atoms with Crippen LogP contribution in [0.4, 0.5) is 5.82 Å². The van der Waals surface area contributed by atoms with Gasteiger partial charge in [-0.05, 0) is 34.2 Å². The smallest absolute Gasteiger partial charge is 0.143 e. The minimum absolute atomic E-state index is 0.902. The minimum Gasteiger partial charge on any atom is -0.369 e. The van der Waals surface area contributed by atoms with E-state index in [1.54, 1.807) is 12.5 Å². The maximum atomic E-state index is 4.20. The van der Waals surface area contributed by atoms with E-state index in [1.807, 2.05) is 0 Å². The standard InChI is InChI=1S/C13H20BrN3/c1-10-2-4-11(5-3-10)6-7-16-13-12(14)8-15-9-17-13/h8-11H,2-7H2,1H3,(H,15,16,17). The first kappa shape index (κ1) is 12.8. The van der Waals surface area contributed by atoms with Crippen LogP contribution in [0.5, 0.6) is 0 Å². The lowest BCUT2D eigenvalue weighted by Crippen LogP contribution is -2.16. The van der Waals surface area contributed by atoms with Gasteiger partial charge in [0.15, 0.2) is 0 Å². The molecular formula is C13H20BrN3. The summed E-state index contributed by atoms with van der Waals surface area (Å²) in [6, 6.07) is 0. The van der Waals surface area contributed by atoms with Gasteiger partial charge in [-0.15, -0.1) is 0 Å². The number of hydrogen-bond acceptors (Lipinski definition) is 3. The Bertz CT molecular complexity index is 348. The van der Waals surface area contributed by atoms with E-state index >= 15 is 0 Å². The van der Waals surface area contributed by atoms with E-state index in [-0.39, 0.29) is 0 Å². The van der Waals surface area contributed by atoms with Gasteiger partial charge in [0.05, 0.1) is 4.47 Å². The maximum Gasteiger partial charge on any atom is 0.143 e. The molecule has 2 rings (SSSR count). The first-order valence-corrected chi connectivity index (χ1v) is 7.24. The third-order valence-corrected chi connectivity index (χ3v) is 4.23. The quantitative estimate of drug-likeness (QED) is 0.917. The Morgan fingerprint density at radius 2 is 2.12 bits per heavy atom. The van der Waals surface area contributed by atoms with Gasteiger partial charge in [0.25, 0.3) is 0 Å². The zero-order valence-corrected chi connectivity index (χ0v) is 11.9. The highest BCUT2D eigenvalue weighted by Crippen LogP contribution is 2.30. The molecule has 94 valence electrons. The van der Waals surface area contributed by atoms with Crippen molar-refractivity contribution in [2.45, 2.75) is 39.0 Å². The summed E-state index contributed by atoms with van der Waals surface area (Å²) >= 11 is 3.44. The Morgan fingerprint density at radius 1 is 1.35 bits per heavy atom. The van der Waals surface area contributed by atoms with E-state index in [9.17, 15) is 0 Å².